The lowest BCUT2D eigenvalue weighted by Crippen LogP contribution is -2.60. The number of carbonyl (C=O) groups excluding carboxylic acids is 1. The fraction of sp³-hybridized carbons (Fsp3) is 0.926. The summed E-state index contributed by atoms with van der Waals surface area (Å²) in [5.41, 5.74) is -0.202. The molecule has 198 valence electrons. The van der Waals surface area contributed by atoms with E-state index in [2.05, 4.69) is 72.7 Å². The number of likely N-dealkylation sites (tertiary alicyclic amines) is 1. The fourth-order valence-corrected chi connectivity index (χ4v) is 6.64. The normalized spacial score (nSPS) is 25.5. The van der Waals surface area contributed by atoms with Crippen molar-refractivity contribution in [2.24, 2.45) is 11.8 Å². The summed E-state index contributed by atoms with van der Waals surface area (Å²) in [6, 6.07) is 0. The first-order valence-corrected chi connectivity index (χ1v) is 13.0. The van der Waals surface area contributed by atoms with Gasteiger partial charge in [0.25, 0.3) is 0 Å². The second kappa shape index (κ2) is 10.3. The molecule has 0 radical (unpaired) electrons. The van der Waals surface area contributed by atoms with E-state index in [1.54, 1.807) is 11.9 Å². The Bertz CT molecular complexity index is 697. The number of nitrogens with zero attached hydrogens (tertiary/aromatic N) is 2. The van der Waals surface area contributed by atoms with Crippen LogP contribution in [0.5, 0.6) is 0 Å². The van der Waals surface area contributed by atoms with Crippen LogP contribution in [0.1, 0.15) is 100 Å². The summed E-state index contributed by atoms with van der Waals surface area (Å²) in [4.78, 5) is 28.9. The summed E-state index contributed by atoms with van der Waals surface area (Å²) in [5, 5.41) is 13.6. The van der Waals surface area contributed by atoms with E-state index in [0.717, 1.165) is 38.5 Å². The van der Waals surface area contributed by atoms with Crippen molar-refractivity contribution < 1.29 is 19.4 Å². The summed E-state index contributed by atoms with van der Waals surface area (Å²) >= 11 is 0. The highest BCUT2D eigenvalue weighted by Gasteiger charge is 2.46. The number of amides is 1. The monoisotopic (exact) mass is 481 g/mol. The van der Waals surface area contributed by atoms with Crippen LogP contribution in [0.2, 0.25) is 0 Å². The highest BCUT2D eigenvalue weighted by atomic mass is 16.6. The van der Waals surface area contributed by atoms with Gasteiger partial charge in [-0.3, -0.25) is 9.69 Å². The van der Waals surface area contributed by atoms with Crippen LogP contribution >= 0.6 is 0 Å². The van der Waals surface area contributed by atoms with Crippen molar-refractivity contribution in [3.8, 4) is 0 Å². The van der Waals surface area contributed by atoms with Gasteiger partial charge in [0.1, 0.15) is 6.10 Å². The average molecular weight is 482 g/mol. The molecule has 2 fully saturated rings. The molecule has 1 amide bonds. The van der Waals surface area contributed by atoms with Gasteiger partial charge in [-0.1, -0.05) is 6.42 Å². The molecule has 0 aromatic heterocycles. The van der Waals surface area contributed by atoms with Gasteiger partial charge in [0.2, 0.25) is 0 Å². The van der Waals surface area contributed by atoms with Crippen molar-refractivity contribution >= 4 is 12.1 Å². The Morgan fingerprint density at radius 1 is 0.971 bits per heavy atom. The van der Waals surface area contributed by atoms with Crippen molar-refractivity contribution in [3.05, 3.63) is 0 Å². The number of piperidine rings is 2. The van der Waals surface area contributed by atoms with E-state index in [4.69, 9.17) is 4.74 Å². The number of aliphatic carboxylic acids is 1. The maximum atomic E-state index is 12.7. The van der Waals surface area contributed by atoms with Crippen molar-refractivity contribution in [1.82, 2.24) is 15.1 Å². The first kappa shape index (κ1) is 28.9. The van der Waals surface area contributed by atoms with Crippen molar-refractivity contribution in [2.45, 2.75) is 129 Å². The number of hydrogen-bond acceptors (Lipinski definition) is 5. The lowest BCUT2D eigenvalue weighted by molar-refractivity contribution is -0.147. The third-order valence-corrected chi connectivity index (χ3v) is 8.22. The van der Waals surface area contributed by atoms with Gasteiger partial charge in [0, 0.05) is 48.6 Å². The lowest BCUT2D eigenvalue weighted by atomic mass is 9.68. The van der Waals surface area contributed by atoms with Crippen LogP contribution in [0, 0.1) is 11.8 Å². The lowest BCUT2D eigenvalue weighted by Gasteiger charge is -2.54. The quantitative estimate of drug-likeness (QED) is 0.468. The maximum absolute atomic E-state index is 12.7. The number of rotatable bonds is 8. The highest BCUT2D eigenvalue weighted by molar-refractivity contribution is 5.70. The number of nitrogens with one attached hydrogen (secondary N) is 1. The predicted octanol–water partition coefficient (Wildman–Crippen LogP) is 5.13. The van der Waals surface area contributed by atoms with Crippen molar-refractivity contribution in [2.75, 3.05) is 20.6 Å². The van der Waals surface area contributed by atoms with Crippen LogP contribution in [0.3, 0.4) is 0 Å². The van der Waals surface area contributed by atoms with Gasteiger partial charge >= 0.3 is 12.1 Å². The molecule has 0 aromatic rings. The van der Waals surface area contributed by atoms with E-state index in [-0.39, 0.29) is 46.2 Å². The van der Waals surface area contributed by atoms with Crippen LogP contribution in [-0.4, -0.2) is 75.9 Å². The molecular weight excluding hydrogens is 430 g/mol. The zero-order valence-corrected chi connectivity index (χ0v) is 23.5. The minimum Gasteiger partial charge on any atom is -0.481 e. The average Bonchev–Trinajstić information content (AvgIpc) is 2.62. The standard InChI is InChI=1S/C27H51N3O4/c1-24(2)17-20(18-25(3,4)28-24)34-23(33)29(9)14-12-11-13-21(22(31)32)19-15-26(5,6)30(10)27(7,8)16-19/h19-21,28H,11-18H2,1-10H3,(H,31,32). The molecule has 0 bridgehead atoms. The number of carbonyl (C=O) groups is 2. The van der Waals surface area contributed by atoms with Crippen molar-refractivity contribution in [3.63, 3.8) is 0 Å². The van der Waals surface area contributed by atoms with Gasteiger partial charge in [0.15, 0.2) is 0 Å². The molecule has 0 spiro atoms. The van der Waals surface area contributed by atoms with E-state index in [9.17, 15) is 14.7 Å². The molecule has 2 rings (SSSR count). The molecule has 2 saturated heterocycles. The minimum absolute atomic E-state index is 0.0259. The summed E-state index contributed by atoms with van der Waals surface area (Å²) < 4.78 is 5.84. The van der Waals surface area contributed by atoms with Crippen LogP contribution in [0.25, 0.3) is 0 Å². The third-order valence-electron chi connectivity index (χ3n) is 8.22. The predicted molar refractivity (Wildman–Crippen MR) is 137 cm³/mol. The number of carboxylic acid groups (broad SMARTS) is 1. The summed E-state index contributed by atoms with van der Waals surface area (Å²) in [5.74, 6) is -0.873. The molecule has 7 heteroatoms. The Morgan fingerprint density at radius 2 is 1.47 bits per heavy atom. The molecule has 2 heterocycles. The summed E-state index contributed by atoms with van der Waals surface area (Å²) in [6.45, 7) is 18.0. The highest BCUT2D eigenvalue weighted by Crippen LogP contribution is 2.44. The van der Waals surface area contributed by atoms with Crippen LogP contribution in [-0.2, 0) is 9.53 Å². The van der Waals surface area contributed by atoms with Crippen LogP contribution < -0.4 is 5.32 Å². The zero-order chi connectivity index (χ0) is 26.1. The first-order valence-electron chi connectivity index (χ1n) is 13.0. The van der Waals surface area contributed by atoms with E-state index in [0.29, 0.717) is 13.0 Å². The van der Waals surface area contributed by atoms with Crippen LogP contribution in [0.15, 0.2) is 0 Å². The first-order chi connectivity index (χ1) is 15.4. The molecule has 2 N–H and O–H groups in total. The number of hydrogen-bond donors (Lipinski definition) is 2. The van der Waals surface area contributed by atoms with E-state index < -0.39 is 5.97 Å². The van der Waals surface area contributed by atoms with Gasteiger partial charge in [-0.05, 0) is 94.0 Å². The molecule has 0 aromatic carbocycles. The Kier molecular flexibility index (Phi) is 8.78. The Morgan fingerprint density at radius 3 is 1.94 bits per heavy atom. The van der Waals surface area contributed by atoms with Gasteiger partial charge in [0.05, 0.1) is 5.92 Å². The number of carboxylic acids is 1. The molecule has 0 saturated carbocycles. The topological polar surface area (TPSA) is 82.1 Å². The molecule has 0 aliphatic carbocycles. The SMILES string of the molecule is CN(CCCCC(C(=O)O)C1CC(C)(C)N(C)C(C)(C)C1)C(=O)OC1CC(C)(C)NC(C)(C)C1. The van der Waals surface area contributed by atoms with Gasteiger partial charge in [-0.15, -0.1) is 0 Å². The van der Waals surface area contributed by atoms with E-state index in [1.165, 1.54) is 0 Å². The molecular formula is C27H51N3O4. The molecule has 2 aliphatic heterocycles. The van der Waals surface area contributed by atoms with Crippen molar-refractivity contribution in [1.29, 1.82) is 0 Å². The number of ether oxygens (including phenoxy) is 1. The molecule has 1 atom stereocenters. The molecule has 34 heavy (non-hydrogen) atoms. The third kappa shape index (κ3) is 7.58. The summed E-state index contributed by atoms with van der Waals surface area (Å²) in [6.07, 6.45) is 5.18. The van der Waals surface area contributed by atoms with Gasteiger partial charge in [-0.25, -0.2) is 4.79 Å². The Balaban J connectivity index is 1.85. The van der Waals surface area contributed by atoms with Gasteiger partial charge < -0.3 is 20.1 Å². The second-order valence-corrected chi connectivity index (χ2v) is 13.5. The molecule has 1 unspecified atom stereocenters. The largest absolute Gasteiger partial charge is 0.481 e. The summed E-state index contributed by atoms with van der Waals surface area (Å²) in [7, 11) is 3.92. The van der Waals surface area contributed by atoms with Crippen LogP contribution in [0.4, 0.5) is 4.79 Å². The van der Waals surface area contributed by atoms with Gasteiger partial charge in [-0.2, -0.15) is 0 Å². The smallest absolute Gasteiger partial charge is 0.409 e. The Labute approximate surface area is 208 Å². The maximum Gasteiger partial charge on any atom is 0.409 e. The van der Waals surface area contributed by atoms with E-state index in [1.807, 2.05) is 0 Å². The zero-order valence-electron chi connectivity index (χ0n) is 23.5. The molecule has 2 aliphatic rings. The fourth-order valence-electron chi connectivity index (χ4n) is 6.64. The minimum atomic E-state index is -0.690. The number of unbranched alkanes of at least 4 members (excludes halogenated alkanes) is 1. The Hall–Kier alpha value is -1.34. The molecule has 7 nitrogen and oxygen atoms in total. The van der Waals surface area contributed by atoms with E-state index >= 15 is 0 Å². The second-order valence-electron chi connectivity index (χ2n) is 13.5.